The van der Waals surface area contributed by atoms with Crippen molar-refractivity contribution in [3.05, 3.63) is 69.4 Å². The van der Waals surface area contributed by atoms with Crippen molar-refractivity contribution in [2.24, 2.45) is 4.99 Å². The van der Waals surface area contributed by atoms with Crippen molar-refractivity contribution in [2.45, 2.75) is 25.8 Å². The third kappa shape index (κ3) is 5.12. The molecule has 38 heavy (non-hydrogen) atoms. The van der Waals surface area contributed by atoms with Crippen LogP contribution < -0.4 is 4.74 Å². The summed E-state index contributed by atoms with van der Waals surface area (Å²) < 4.78 is 21.0. The molecule has 1 aromatic heterocycles. The standard InChI is InChI=1S/C24H20N6O8/c1-3-17-20(22(31)36-12-4-11-25)21(14-5-10-18-19(13-14)28-38-27-18)29(23(26-17)35-2)24(32)37-16-8-6-15(7-9-16)30(33)34/h5-10,13,21H,3-4,12H2,1-2H3. The number of ether oxygens (including phenoxy) is 3. The molecular formula is C24H20N6O8. The number of carbonyl (C=O) groups excluding carboxylic acids is 2. The molecule has 194 valence electrons. The van der Waals surface area contributed by atoms with Crippen molar-refractivity contribution >= 4 is 34.8 Å². The molecule has 2 heterocycles. The first-order valence-electron chi connectivity index (χ1n) is 11.2. The van der Waals surface area contributed by atoms with Crippen LogP contribution in [0.3, 0.4) is 0 Å². The van der Waals surface area contributed by atoms with Crippen molar-refractivity contribution in [3.63, 3.8) is 0 Å². The summed E-state index contributed by atoms with van der Waals surface area (Å²) in [6.45, 7) is 1.60. The van der Waals surface area contributed by atoms with E-state index >= 15 is 0 Å². The Labute approximate surface area is 214 Å². The second-order valence-corrected chi connectivity index (χ2v) is 7.76. The lowest BCUT2D eigenvalue weighted by molar-refractivity contribution is -0.384. The maximum absolute atomic E-state index is 13.5. The quantitative estimate of drug-likeness (QED) is 0.191. The number of methoxy groups -OCH3 is 1. The molecule has 0 aliphatic carbocycles. The Hall–Kier alpha value is -5.32. The highest BCUT2D eigenvalue weighted by atomic mass is 16.6. The number of non-ortho nitro benzene ring substituents is 1. The van der Waals surface area contributed by atoms with Crippen LogP contribution in [0.25, 0.3) is 11.0 Å². The first kappa shape index (κ1) is 25.8. The van der Waals surface area contributed by atoms with Gasteiger partial charge in [0, 0.05) is 12.1 Å². The number of aliphatic imine (C=N–C) groups is 1. The van der Waals surface area contributed by atoms with E-state index in [0.29, 0.717) is 22.3 Å². The maximum atomic E-state index is 13.5. The number of hydrogen-bond acceptors (Lipinski definition) is 12. The molecule has 4 rings (SSSR count). The van der Waals surface area contributed by atoms with Crippen LogP contribution in [-0.2, 0) is 14.3 Å². The molecule has 0 N–H and O–H groups in total. The zero-order chi connectivity index (χ0) is 27.2. The summed E-state index contributed by atoms with van der Waals surface area (Å²) in [5.41, 5.74) is 1.36. The van der Waals surface area contributed by atoms with Gasteiger partial charge in [0.2, 0.25) is 0 Å². The molecule has 0 fully saturated rings. The number of esters is 1. The lowest BCUT2D eigenvalue weighted by atomic mass is 9.93. The smallest absolute Gasteiger partial charge is 0.424 e. The maximum Gasteiger partial charge on any atom is 0.424 e. The van der Waals surface area contributed by atoms with Gasteiger partial charge < -0.3 is 14.2 Å². The van der Waals surface area contributed by atoms with Gasteiger partial charge in [-0.25, -0.2) is 24.1 Å². The number of rotatable bonds is 7. The molecule has 0 saturated carbocycles. The number of nitro groups is 1. The number of amides is 1. The van der Waals surface area contributed by atoms with Gasteiger partial charge in [0.1, 0.15) is 29.4 Å². The van der Waals surface area contributed by atoms with Crippen LogP contribution in [0.15, 0.2) is 63.4 Å². The van der Waals surface area contributed by atoms with Gasteiger partial charge in [-0.1, -0.05) is 13.0 Å². The molecule has 14 nitrogen and oxygen atoms in total. The van der Waals surface area contributed by atoms with Crippen LogP contribution in [-0.4, -0.2) is 51.9 Å². The molecule has 14 heteroatoms. The Morgan fingerprint density at radius 1 is 1.18 bits per heavy atom. The number of nitro benzene ring substituents is 1. The molecule has 1 aliphatic rings. The van der Waals surface area contributed by atoms with E-state index in [1.165, 1.54) is 31.4 Å². The van der Waals surface area contributed by atoms with Crippen LogP contribution in [0.5, 0.6) is 5.75 Å². The number of aromatic nitrogens is 2. The number of benzene rings is 2. The molecule has 0 radical (unpaired) electrons. The molecule has 1 unspecified atom stereocenters. The normalized spacial score (nSPS) is 15.0. The Bertz CT molecular complexity index is 1490. The predicted molar refractivity (Wildman–Crippen MR) is 128 cm³/mol. The van der Waals surface area contributed by atoms with Crippen LogP contribution in [0, 0.1) is 21.4 Å². The van der Waals surface area contributed by atoms with E-state index in [-0.39, 0.29) is 42.5 Å². The monoisotopic (exact) mass is 520 g/mol. The van der Waals surface area contributed by atoms with Crippen LogP contribution in [0.1, 0.15) is 31.4 Å². The van der Waals surface area contributed by atoms with Crippen molar-refractivity contribution in [3.8, 4) is 11.8 Å². The fraction of sp³-hybridized carbons (Fsp3) is 0.250. The molecular weight excluding hydrogens is 500 g/mol. The highest BCUT2D eigenvalue weighted by molar-refractivity contribution is 6.00. The van der Waals surface area contributed by atoms with Gasteiger partial charge in [-0.3, -0.25) is 10.1 Å². The van der Waals surface area contributed by atoms with Gasteiger partial charge in [-0.2, -0.15) is 5.26 Å². The number of fused-ring (bicyclic) bond motifs is 1. The fourth-order valence-electron chi connectivity index (χ4n) is 3.79. The average molecular weight is 520 g/mol. The highest BCUT2D eigenvalue weighted by Crippen LogP contribution is 2.38. The van der Waals surface area contributed by atoms with Crippen molar-refractivity contribution in [2.75, 3.05) is 13.7 Å². The van der Waals surface area contributed by atoms with E-state index in [0.717, 1.165) is 4.90 Å². The van der Waals surface area contributed by atoms with E-state index in [4.69, 9.17) is 24.1 Å². The van der Waals surface area contributed by atoms with E-state index in [2.05, 4.69) is 15.3 Å². The largest absolute Gasteiger partial charge is 0.468 e. The van der Waals surface area contributed by atoms with E-state index in [9.17, 15) is 19.7 Å². The van der Waals surface area contributed by atoms with Gasteiger partial charge in [0.15, 0.2) is 0 Å². The highest BCUT2D eigenvalue weighted by Gasteiger charge is 2.43. The van der Waals surface area contributed by atoms with Gasteiger partial charge in [-0.15, -0.1) is 0 Å². The van der Waals surface area contributed by atoms with Gasteiger partial charge in [0.05, 0.1) is 35.8 Å². The average Bonchev–Trinajstić information content (AvgIpc) is 3.40. The third-order valence-corrected chi connectivity index (χ3v) is 5.51. The van der Waals surface area contributed by atoms with Gasteiger partial charge >= 0.3 is 18.1 Å². The Balaban J connectivity index is 1.80. The first-order valence-corrected chi connectivity index (χ1v) is 11.2. The van der Waals surface area contributed by atoms with Crippen molar-refractivity contribution in [1.29, 1.82) is 5.26 Å². The summed E-state index contributed by atoms with van der Waals surface area (Å²) in [6, 6.07) is 10.3. The zero-order valence-electron chi connectivity index (χ0n) is 20.2. The van der Waals surface area contributed by atoms with Crippen molar-refractivity contribution in [1.82, 2.24) is 15.2 Å². The molecule has 1 atom stereocenters. The number of nitrogens with zero attached hydrogens (tertiary/aromatic N) is 6. The second kappa shape index (κ2) is 11.2. The van der Waals surface area contributed by atoms with Crippen LogP contribution in [0.2, 0.25) is 0 Å². The summed E-state index contributed by atoms with van der Waals surface area (Å²) in [5, 5.41) is 27.4. The molecule has 0 bridgehead atoms. The molecule has 1 aliphatic heterocycles. The van der Waals surface area contributed by atoms with E-state index in [1.54, 1.807) is 25.1 Å². The number of allylic oxidation sites excluding steroid dienone is 1. The Morgan fingerprint density at radius 2 is 1.92 bits per heavy atom. The number of amidine groups is 1. The fourth-order valence-corrected chi connectivity index (χ4v) is 3.79. The predicted octanol–water partition coefficient (Wildman–Crippen LogP) is 3.81. The SMILES string of the molecule is CCC1=C(C(=O)OCCC#N)C(c2ccc3nonc3c2)N(C(=O)Oc2ccc([N+](=O)[O-])cc2)C(OC)=N1. The minimum atomic E-state index is -1.14. The zero-order valence-corrected chi connectivity index (χ0v) is 20.2. The summed E-state index contributed by atoms with van der Waals surface area (Å²) in [4.78, 5) is 42.6. The number of hydrogen-bond donors (Lipinski definition) is 0. The molecule has 1 amide bonds. The number of carbonyl (C=O) groups is 2. The van der Waals surface area contributed by atoms with Crippen LogP contribution >= 0.6 is 0 Å². The minimum Gasteiger partial charge on any atom is -0.468 e. The summed E-state index contributed by atoms with van der Waals surface area (Å²) >= 11 is 0. The number of nitriles is 1. The Kier molecular flexibility index (Phi) is 7.57. The molecule has 0 spiro atoms. The molecule has 2 aromatic carbocycles. The molecule has 3 aromatic rings. The topological polar surface area (TPSA) is 183 Å². The third-order valence-electron chi connectivity index (χ3n) is 5.51. The van der Waals surface area contributed by atoms with Gasteiger partial charge in [-0.05, 0) is 46.6 Å². The summed E-state index contributed by atoms with van der Waals surface area (Å²) in [7, 11) is 1.30. The van der Waals surface area contributed by atoms with Gasteiger partial charge in [0.25, 0.3) is 5.69 Å². The van der Waals surface area contributed by atoms with Crippen LogP contribution in [0.4, 0.5) is 10.5 Å². The summed E-state index contributed by atoms with van der Waals surface area (Å²) in [5.74, 6) is -0.776. The Morgan fingerprint density at radius 3 is 2.58 bits per heavy atom. The minimum absolute atomic E-state index is 0.00868. The summed E-state index contributed by atoms with van der Waals surface area (Å²) in [6.07, 6.45) is -0.731. The lowest BCUT2D eigenvalue weighted by Gasteiger charge is -2.35. The first-order chi connectivity index (χ1) is 18.4. The van der Waals surface area contributed by atoms with E-state index < -0.39 is 23.0 Å². The lowest BCUT2D eigenvalue weighted by Crippen LogP contribution is -2.46. The second-order valence-electron chi connectivity index (χ2n) is 7.76. The molecule has 0 saturated heterocycles. The van der Waals surface area contributed by atoms with Crippen molar-refractivity contribution < 1.29 is 33.4 Å². The van der Waals surface area contributed by atoms with E-state index in [1.807, 2.05) is 6.07 Å².